The number of amides is 1. The molecule has 0 aliphatic carbocycles. The highest BCUT2D eigenvalue weighted by Crippen LogP contribution is 2.30. The molecule has 0 radical (unpaired) electrons. The van der Waals surface area contributed by atoms with Crippen LogP contribution in [0, 0.1) is 5.92 Å². The predicted molar refractivity (Wildman–Crippen MR) is 90.6 cm³/mol. The van der Waals surface area contributed by atoms with E-state index in [0.29, 0.717) is 5.92 Å². The molecule has 0 spiro atoms. The van der Waals surface area contributed by atoms with Crippen molar-refractivity contribution in [3.63, 3.8) is 0 Å². The van der Waals surface area contributed by atoms with Gasteiger partial charge in [-0.2, -0.15) is 0 Å². The lowest BCUT2D eigenvalue weighted by Gasteiger charge is -2.35. The van der Waals surface area contributed by atoms with Gasteiger partial charge in [0.1, 0.15) is 0 Å². The van der Waals surface area contributed by atoms with Gasteiger partial charge in [-0.3, -0.25) is 4.79 Å². The molecule has 2 atom stereocenters. The van der Waals surface area contributed by atoms with Gasteiger partial charge in [0.05, 0.1) is 9.70 Å². The maximum Gasteiger partial charge on any atom is 0.230 e. The molecule has 1 amide bonds. The van der Waals surface area contributed by atoms with Gasteiger partial charge in [-0.05, 0) is 60.7 Å². The van der Waals surface area contributed by atoms with Gasteiger partial charge >= 0.3 is 0 Å². The molecule has 6 heteroatoms. The predicted octanol–water partition coefficient (Wildman–Crippen LogP) is 3.62. The van der Waals surface area contributed by atoms with Crippen LogP contribution in [-0.2, 0) is 4.79 Å². The third-order valence-corrected chi connectivity index (χ3v) is 5.79. The zero-order valence-corrected chi connectivity index (χ0v) is 15.1. The van der Waals surface area contributed by atoms with Crippen LogP contribution in [0.5, 0.6) is 0 Å². The maximum atomic E-state index is 12.5. The Morgan fingerprint density at radius 2 is 2.00 bits per heavy atom. The van der Waals surface area contributed by atoms with Gasteiger partial charge in [0.2, 0.25) is 5.91 Å². The molecule has 2 N–H and O–H groups in total. The second-order valence-electron chi connectivity index (χ2n) is 5.39. The summed E-state index contributed by atoms with van der Waals surface area (Å²) < 4.78 is 1.08. The number of nitrogens with zero attached hydrogens (tertiary/aromatic N) is 1. The average molecular weight is 382 g/mol. The monoisotopic (exact) mass is 380 g/mol. The van der Waals surface area contributed by atoms with Gasteiger partial charge < -0.3 is 10.6 Å². The van der Waals surface area contributed by atoms with Crippen LogP contribution in [0.3, 0.4) is 0 Å². The third kappa shape index (κ3) is 4.20. The Morgan fingerprint density at radius 1 is 1.40 bits per heavy atom. The minimum Gasteiger partial charge on any atom is -0.342 e. The molecule has 1 aliphatic rings. The normalized spacial score (nSPS) is 19.3. The smallest absolute Gasteiger partial charge is 0.230 e. The van der Waals surface area contributed by atoms with Crippen molar-refractivity contribution in [2.45, 2.75) is 38.6 Å². The lowest BCUT2D eigenvalue weighted by molar-refractivity contribution is -0.133. The Labute approximate surface area is 139 Å². The fourth-order valence-electron chi connectivity index (χ4n) is 2.60. The number of hydrogen-bond donors (Lipinski definition) is 1. The lowest BCUT2D eigenvalue weighted by atomic mass is 9.90. The molecule has 1 fully saturated rings. The Hall–Kier alpha value is -0.100. The molecule has 2 unspecified atom stereocenters. The summed E-state index contributed by atoms with van der Waals surface area (Å²) in [6, 6.07) is 4.28. The molecule has 0 bridgehead atoms. The standard InChI is InChI=1S/C14H21BrN2OS.ClH/c1-9(12-3-4-13(15)19-12)14(18)17-7-5-11(6-8-17)10(2)16;/h3-4,9-11H,5-8,16H2,1-2H3;1H. The molecule has 3 nitrogen and oxygen atoms in total. The third-order valence-electron chi connectivity index (χ3n) is 3.99. The van der Waals surface area contributed by atoms with E-state index in [9.17, 15) is 4.79 Å². The number of likely N-dealkylation sites (tertiary alicyclic amines) is 1. The fourth-order valence-corrected chi connectivity index (χ4v) is 4.07. The Bertz CT molecular complexity index is 444. The minimum atomic E-state index is -0.0388. The number of piperidine rings is 1. The molecule has 114 valence electrons. The van der Waals surface area contributed by atoms with Gasteiger partial charge in [-0.1, -0.05) is 0 Å². The first kappa shape index (κ1) is 18.0. The van der Waals surface area contributed by atoms with E-state index < -0.39 is 0 Å². The first-order chi connectivity index (χ1) is 8.99. The van der Waals surface area contributed by atoms with Crippen molar-refractivity contribution in [1.82, 2.24) is 4.90 Å². The van der Waals surface area contributed by atoms with Gasteiger partial charge in [0.25, 0.3) is 0 Å². The largest absolute Gasteiger partial charge is 0.342 e. The summed E-state index contributed by atoms with van der Waals surface area (Å²) in [4.78, 5) is 15.6. The highest BCUT2D eigenvalue weighted by Gasteiger charge is 2.28. The number of carbonyl (C=O) groups excluding carboxylic acids is 1. The number of thiophene rings is 1. The second kappa shape index (κ2) is 7.78. The Balaban J connectivity index is 0.00000200. The molecule has 2 rings (SSSR count). The van der Waals surface area contributed by atoms with Crippen LogP contribution in [0.2, 0.25) is 0 Å². The number of hydrogen-bond acceptors (Lipinski definition) is 3. The molecule has 1 aliphatic heterocycles. The number of nitrogens with two attached hydrogens (primary N) is 1. The van der Waals surface area contributed by atoms with Crippen molar-refractivity contribution < 1.29 is 4.79 Å². The summed E-state index contributed by atoms with van der Waals surface area (Å²) in [5, 5.41) is 0. The van der Waals surface area contributed by atoms with E-state index in [1.807, 2.05) is 24.0 Å². The van der Waals surface area contributed by atoms with Gasteiger partial charge in [0, 0.05) is 24.0 Å². The maximum absolute atomic E-state index is 12.5. The van der Waals surface area contributed by atoms with Crippen molar-refractivity contribution >= 4 is 45.6 Å². The summed E-state index contributed by atoms with van der Waals surface area (Å²) in [6.07, 6.45) is 2.06. The zero-order chi connectivity index (χ0) is 14.0. The summed E-state index contributed by atoms with van der Waals surface area (Å²) in [7, 11) is 0. The Morgan fingerprint density at radius 3 is 2.45 bits per heavy atom. The molecule has 1 aromatic heterocycles. The van der Waals surface area contributed by atoms with Crippen LogP contribution in [0.4, 0.5) is 0 Å². The summed E-state index contributed by atoms with van der Waals surface area (Å²) >= 11 is 5.09. The molecule has 20 heavy (non-hydrogen) atoms. The van der Waals surface area contributed by atoms with Crippen LogP contribution in [0.15, 0.2) is 15.9 Å². The van der Waals surface area contributed by atoms with Crippen LogP contribution in [0.25, 0.3) is 0 Å². The first-order valence-electron chi connectivity index (χ1n) is 6.78. The van der Waals surface area contributed by atoms with Crippen LogP contribution < -0.4 is 5.73 Å². The van der Waals surface area contributed by atoms with E-state index in [2.05, 4.69) is 22.9 Å². The van der Waals surface area contributed by atoms with Crippen LogP contribution in [-0.4, -0.2) is 29.9 Å². The van der Waals surface area contributed by atoms with Crippen LogP contribution >= 0.6 is 39.7 Å². The van der Waals surface area contributed by atoms with Gasteiger partial charge in [0.15, 0.2) is 0 Å². The van der Waals surface area contributed by atoms with Crippen molar-refractivity contribution in [1.29, 1.82) is 0 Å². The molecule has 1 saturated heterocycles. The van der Waals surface area contributed by atoms with E-state index >= 15 is 0 Å². The zero-order valence-electron chi connectivity index (χ0n) is 11.8. The second-order valence-corrected chi connectivity index (χ2v) is 7.88. The lowest BCUT2D eigenvalue weighted by Crippen LogP contribution is -2.43. The molecular formula is C14H22BrClN2OS. The molecule has 0 saturated carbocycles. The Kier molecular flexibility index (Phi) is 6.98. The van der Waals surface area contributed by atoms with Crippen LogP contribution in [0.1, 0.15) is 37.5 Å². The SMILES string of the molecule is CC(C(=O)N1CCC(C(C)N)CC1)c1ccc(Br)s1.Cl. The summed E-state index contributed by atoms with van der Waals surface area (Å²) in [5.41, 5.74) is 5.94. The highest BCUT2D eigenvalue weighted by molar-refractivity contribution is 9.11. The molecular weight excluding hydrogens is 360 g/mol. The summed E-state index contributed by atoms with van der Waals surface area (Å²) in [5.74, 6) is 0.774. The first-order valence-corrected chi connectivity index (χ1v) is 8.39. The fraction of sp³-hybridized carbons (Fsp3) is 0.643. The highest BCUT2D eigenvalue weighted by atomic mass is 79.9. The molecule has 0 aromatic carbocycles. The summed E-state index contributed by atoms with van der Waals surface area (Å²) in [6.45, 7) is 5.76. The number of rotatable bonds is 3. The van der Waals surface area contributed by atoms with Crippen molar-refractivity contribution in [2.24, 2.45) is 11.7 Å². The van der Waals surface area contributed by atoms with Crippen molar-refractivity contribution in [3.05, 3.63) is 20.8 Å². The van der Waals surface area contributed by atoms with Gasteiger partial charge in [-0.25, -0.2) is 0 Å². The van der Waals surface area contributed by atoms with E-state index in [1.165, 1.54) is 0 Å². The molecule has 2 heterocycles. The quantitative estimate of drug-likeness (QED) is 0.869. The van der Waals surface area contributed by atoms with E-state index in [4.69, 9.17) is 5.73 Å². The number of halogens is 2. The van der Waals surface area contributed by atoms with Crippen molar-refractivity contribution in [2.75, 3.05) is 13.1 Å². The van der Waals surface area contributed by atoms with Crippen molar-refractivity contribution in [3.8, 4) is 0 Å². The van der Waals surface area contributed by atoms with E-state index in [-0.39, 0.29) is 30.3 Å². The minimum absolute atomic E-state index is 0. The average Bonchev–Trinajstić information content (AvgIpc) is 2.84. The van der Waals surface area contributed by atoms with Gasteiger partial charge in [-0.15, -0.1) is 23.7 Å². The molecule has 1 aromatic rings. The number of carbonyl (C=O) groups is 1. The topological polar surface area (TPSA) is 46.3 Å². The van der Waals surface area contributed by atoms with E-state index in [0.717, 1.165) is 34.6 Å². The van der Waals surface area contributed by atoms with E-state index in [1.54, 1.807) is 11.3 Å².